The van der Waals surface area contributed by atoms with E-state index in [1.54, 1.807) is 0 Å². The molecular formula is C14H25N3. The van der Waals surface area contributed by atoms with E-state index in [0.717, 1.165) is 18.7 Å². The van der Waals surface area contributed by atoms with Gasteiger partial charge in [0.05, 0.1) is 0 Å². The van der Waals surface area contributed by atoms with Gasteiger partial charge in [0.25, 0.3) is 0 Å². The fourth-order valence-corrected chi connectivity index (χ4v) is 2.42. The van der Waals surface area contributed by atoms with Gasteiger partial charge in [-0.05, 0) is 51.1 Å². The van der Waals surface area contributed by atoms with Crippen LogP contribution in [0.2, 0.25) is 0 Å². The molecule has 0 amide bonds. The summed E-state index contributed by atoms with van der Waals surface area (Å²) in [6.45, 7) is 12.9. The van der Waals surface area contributed by atoms with E-state index in [1.165, 1.54) is 5.56 Å². The Morgan fingerprint density at radius 2 is 1.94 bits per heavy atom. The minimum Gasteiger partial charge on any atom is -0.322 e. The lowest BCUT2D eigenvalue weighted by atomic mass is 9.86. The summed E-state index contributed by atoms with van der Waals surface area (Å²) in [6.07, 6.45) is 3.71. The number of aromatic nitrogens is 1. The van der Waals surface area contributed by atoms with Crippen LogP contribution in [-0.4, -0.2) is 28.5 Å². The lowest BCUT2D eigenvalue weighted by molar-refractivity contribution is 0.106. The molecule has 1 rings (SSSR count). The van der Waals surface area contributed by atoms with Crippen molar-refractivity contribution in [2.45, 2.75) is 46.2 Å². The number of aryl methyl sites for hydroxylation is 1. The fraction of sp³-hybridized carbons (Fsp3) is 0.643. The lowest BCUT2D eigenvalue weighted by Crippen LogP contribution is -2.51. The Balaban J connectivity index is 3.03. The van der Waals surface area contributed by atoms with Gasteiger partial charge in [-0.25, -0.2) is 0 Å². The van der Waals surface area contributed by atoms with Crippen LogP contribution in [0.4, 0.5) is 0 Å². The third-order valence-electron chi connectivity index (χ3n) is 3.75. The SMILES string of the molecule is CCN(CC)C(C)(C)C(N)c1cnccc1C. The monoisotopic (exact) mass is 235 g/mol. The second-order valence-corrected chi connectivity index (χ2v) is 5.04. The minimum absolute atomic E-state index is 0.0175. The van der Waals surface area contributed by atoms with Crippen molar-refractivity contribution in [1.29, 1.82) is 0 Å². The second kappa shape index (κ2) is 5.61. The predicted molar refractivity (Wildman–Crippen MR) is 72.9 cm³/mol. The third-order valence-corrected chi connectivity index (χ3v) is 3.75. The highest BCUT2D eigenvalue weighted by atomic mass is 15.2. The molecule has 0 fully saturated rings. The lowest BCUT2D eigenvalue weighted by Gasteiger charge is -2.42. The zero-order valence-corrected chi connectivity index (χ0v) is 11.7. The Morgan fingerprint density at radius 1 is 1.35 bits per heavy atom. The molecule has 0 aliphatic heterocycles. The van der Waals surface area contributed by atoms with Crippen LogP contribution in [-0.2, 0) is 0 Å². The first-order chi connectivity index (χ1) is 7.95. The largest absolute Gasteiger partial charge is 0.322 e. The van der Waals surface area contributed by atoms with Crippen molar-refractivity contribution in [2.24, 2.45) is 5.73 Å². The quantitative estimate of drug-likeness (QED) is 0.852. The van der Waals surface area contributed by atoms with Gasteiger partial charge < -0.3 is 5.73 Å². The molecule has 0 aromatic carbocycles. The molecule has 0 bridgehead atoms. The van der Waals surface area contributed by atoms with E-state index in [2.05, 4.69) is 44.5 Å². The van der Waals surface area contributed by atoms with Crippen LogP contribution in [0.3, 0.4) is 0 Å². The van der Waals surface area contributed by atoms with E-state index in [0.29, 0.717) is 0 Å². The maximum absolute atomic E-state index is 6.44. The number of nitrogens with zero attached hydrogens (tertiary/aromatic N) is 2. The van der Waals surface area contributed by atoms with E-state index in [-0.39, 0.29) is 11.6 Å². The highest BCUT2D eigenvalue weighted by Crippen LogP contribution is 2.29. The molecule has 1 atom stereocenters. The maximum atomic E-state index is 6.44. The average molecular weight is 235 g/mol. The van der Waals surface area contributed by atoms with Crippen molar-refractivity contribution in [3.05, 3.63) is 29.6 Å². The zero-order valence-electron chi connectivity index (χ0n) is 11.7. The van der Waals surface area contributed by atoms with Crippen LogP contribution in [0.25, 0.3) is 0 Å². The summed E-state index contributed by atoms with van der Waals surface area (Å²) in [7, 11) is 0. The molecule has 17 heavy (non-hydrogen) atoms. The van der Waals surface area contributed by atoms with Gasteiger partial charge in [-0.2, -0.15) is 0 Å². The normalized spacial score (nSPS) is 14.1. The molecule has 1 heterocycles. The first kappa shape index (κ1) is 14.1. The fourth-order valence-electron chi connectivity index (χ4n) is 2.42. The topological polar surface area (TPSA) is 42.1 Å². The number of pyridine rings is 1. The van der Waals surface area contributed by atoms with Crippen LogP contribution in [0.5, 0.6) is 0 Å². The van der Waals surface area contributed by atoms with Gasteiger partial charge in [0.15, 0.2) is 0 Å². The van der Waals surface area contributed by atoms with E-state index >= 15 is 0 Å². The smallest absolute Gasteiger partial charge is 0.0494 e. The van der Waals surface area contributed by atoms with Crippen molar-refractivity contribution >= 4 is 0 Å². The number of nitrogens with two attached hydrogens (primary N) is 1. The zero-order chi connectivity index (χ0) is 13.1. The number of hydrogen-bond acceptors (Lipinski definition) is 3. The summed E-state index contributed by atoms with van der Waals surface area (Å²) in [5.41, 5.74) is 8.74. The molecule has 2 N–H and O–H groups in total. The van der Waals surface area contributed by atoms with Crippen molar-refractivity contribution < 1.29 is 0 Å². The van der Waals surface area contributed by atoms with E-state index in [1.807, 2.05) is 18.5 Å². The Morgan fingerprint density at radius 3 is 2.41 bits per heavy atom. The van der Waals surface area contributed by atoms with Crippen molar-refractivity contribution in [3.63, 3.8) is 0 Å². The summed E-state index contributed by atoms with van der Waals surface area (Å²) in [4.78, 5) is 6.59. The standard InChI is InChI=1S/C14H25N3/c1-6-17(7-2)14(4,5)13(15)12-10-16-9-8-11(12)3/h8-10,13H,6-7,15H2,1-5H3. The van der Waals surface area contributed by atoms with Gasteiger partial charge in [0, 0.05) is 24.0 Å². The molecular weight excluding hydrogens is 210 g/mol. The van der Waals surface area contributed by atoms with Gasteiger partial charge in [0.2, 0.25) is 0 Å². The van der Waals surface area contributed by atoms with Gasteiger partial charge in [0.1, 0.15) is 0 Å². The Kier molecular flexibility index (Phi) is 4.66. The van der Waals surface area contributed by atoms with Crippen LogP contribution >= 0.6 is 0 Å². The van der Waals surface area contributed by atoms with E-state index < -0.39 is 0 Å². The van der Waals surface area contributed by atoms with Gasteiger partial charge >= 0.3 is 0 Å². The molecule has 0 saturated carbocycles. The third kappa shape index (κ3) is 2.85. The highest BCUT2D eigenvalue weighted by Gasteiger charge is 2.33. The molecule has 1 aromatic rings. The Bertz CT molecular complexity index is 356. The molecule has 0 saturated heterocycles. The van der Waals surface area contributed by atoms with Crippen LogP contribution in [0, 0.1) is 6.92 Å². The first-order valence-electron chi connectivity index (χ1n) is 6.36. The number of likely N-dealkylation sites (N-methyl/N-ethyl adjacent to an activating group) is 1. The Labute approximate surface area is 105 Å². The van der Waals surface area contributed by atoms with Crippen LogP contribution < -0.4 is 5.73 Å². The Hall–Kier alpha value is -0.930. The summed E-state index contributed by atoms with van der Waals surface area (Å²) in [5, 5.41) is 0. The molecule has 96 valence electrons. The molecule has 3 nitrogen and oxygen atoms in total. The molecule has 0 aliphatic rings. The minimum atomic E-state index is -0.0582. The van der Waals surface area contributed by atoms with E-state index in [4.69, 9.17) is 5.73 Å². The maximum Gasteiger partial charge on any atom is 0.0494 e. The van der Waals surface area contributed by atoms with Gasteiger partial charge in [-0.1, -0.05) is 13.8 Å². The molecule has 0 aliphatic carbocycles. The molecule has 0 spiro atoms. The van der Waals surface area contributed by atoms with Crippen molar-refractivity contribution in [2.75, 3.05) is 13.1 Å². The predicted octanol–water partition coefficient (Wildman–Crippen LogP) is 2.51. The average Bonchev–Trinajstić information content (AvgIpc) is 2.30. The second-order valence-electron chi connectivity index (χ2n) is 5.04. The summed E-state index contributed by atoms with van der Waals surface area (Å²) < 4.78 is 0. The van der Waals surface area contributed by atoms with Crippen molar-refractivity contribution in [3.8, 4) is 0 Å². The van der Waals surface area contributed by atoms with Crippen molar-refractivity contribution in [1.82, 2.24) is 9.88 Å². The van der Waals surface area contributed by atoms with Crippen LogP contribution in [0.1, 0.15) is 44.9 Å². The number of hydrogen-bond donors (Lipinski definition) is 1. The molecule has 0 radical (unpaired) electrons. The van der Waals surface area contributed by atoms with Gasteiger partial charge in [-0.3, -0.25) is 9.88 Å². The summed E-state index contributed by atoms with van der Waals surface area (Å²) >= 11 is 0. The molecule has 3 heteroatoms. The highest BCUT2D eigenvalue weighted by molar-refractivity contribution is 5.27. The molecule has 1 aromatic heterocycles. The van der Waals surface area contributed by atoms with E-state index in [9.17, 15) is 0 Å². The first-order valence-corrected chi connectivity index (χ1v) is 6.36. The summed E-state index contributed by atoms with van der Waals surface area (Å²) in [5.74, 6) is 0. The van der Waals surface area contributed by atoms with Gasteiger partial charge in [-0.15, -0.1) is 0 Å². The van der Waals surface area contributed by atoms with Crippen LogP contribution in [0.15, 0.2) is 18.5 Å². The number of rotatable bonds is 5. The molecule has 1 unspecified atom stereocenters. The summed E-state index contributed by atoms with van der Waals surface area (Å²) in [6, 6.07) is 2.00.